The van der Waals surface area contributed by atoms with Crippen molar-refractivity contribution in [1.82, 2.24) is 9.55 Å². The van der Waals surface area contributed by atoms with Crippen LogP contribution in [0.25, 0.3) is 33.3 Å². The predicted octanol–water partition coefficient (Wildman–Crippen LogP) is 16.2. The minimum Gasteiger partial charge on any atom is -0.509 e. The number of nitrogens with zero attached hydrogens (tertiary/aromatic N) is 4. The molecule has 3 heterocycles. The Hall–Kier alpha value is -5.90. The summed E-state index contributed by atoms with van der Waals surface area (Å²) in [6.07, 6.45) is 4.19. The second-order valence-electron chi connectivity index (χ2n) is 21.1. The number of fused-ring (bicyclic) bond motifs is 3. The van der Waals surface area contributed by atoms with Gasteiger partial charge in [-0.15, -0.1) is 48.3 Å². The summed E-state index contributed by atoms with van der Waals surface area (Å²) in [5.41, 5.74) is 13.5. The van der Waals surface area contributed by atoms with Crippen molar-refractivity contribution in [3.05, 3.63) is 204 Å². The molecule has 5 nitrogen and oxygen atoms in total. The molecule has 0 unspecified atom stereocenters. The molecule has 6 heteroatoms. The summed E-state index contributed by atoms with van der Waals surface area (Å²) in [5, 5.41) is 2.33. The Morgan fingerprint density at radius 3 is 1.96 bits per heavy atom. The first-order chi connectivity index (χ1) is 31.4. The van der Waals surface area contributed by atoms with Crippen molar-refractivity contribution in [2.75, 3.05) is 9.80 Å². The zero-order valence-corrected chi connectivity index (χ0v) is 43.4. The maximum Gasteiger partial charge on any atom is 0.135 e. The molecule has 0 spiro atoms. The van der Waals surface area contributed by atoms with E-state index < -0.39 is 0 Å². The molecule has 0 amide bonds. The van der Waals surface area contributed by atoms with Crippen molar-refractivity contribution in [3.8, 4) is 17.3 Å². The predicted molar refractivity (Wildman–Crippen MR) is 277 cm³/mol. The van der Waals surface area contributed by atoms with E-state index in [1.54, 1.807) is 0 Å². The maximum absolute atomic E-state index is 6.89. The topological polar surface area (TPSA) is 33.5 Å². The van der Waals surface area contributed by atoms with Crippen LogP contribution in [0, 0.1) is 18.8 Å². The zero-order chi connectivity index (χ0) is 46.7. The number of benzene rings is 6. The normalized spacial score (nSPS) is 13.5. The Labute approximate surface area is 413 Å². The van der Waals surface area contributed by atoms with Crippen LogP contribution in [0.5, 0.6) is 11.5 Å². The Morgan fingerprint density at radius 2 is 1.27 bits per heavy atom. The summed E-state index contributed by atoms with van der Waals surface area (Å²) < 4.78 is 9.14. The third-order valence-corrected chi connectivity index (χ3v) is 13.3. The largest absolute Gasteiger partial charge is 0.509 e. The van der Waals surface area contributed by atoms with Crippen molar-refractivity contribution < 1.29 is 25.8 Å². The summed E-state index contributed by atoms with van der Waals surface area (Å²) in [6.45, 7) is 29.5. The quantitative estimate of drug-likeness (QED) is 0.128. The molecule has 1 aliphatic rings. The monoisotopic (exact) mass is 1060 g/mol. The molecule has 67 heavy (non-hydrogen) atoms. The minimum absolute atomic E-state index is 0. The van der Waals surface area contributed by atoms with Crippen LogP contribution in [0.3, 0.4) is 0 Å². The number of ether oxygens (including phenoxy) is 1. The van der Waals surface area contributed by atoms with Gasteiger partial charge in [0.2, 0.25) is 0 Å². The Kier molecular flexibility index (Phi) is 13.0. The summed E-state index contributed by atoms with van der Waals surface area (Å²) in [7, 11) is 0. The number of aromatic nitrogens is 2. The van der Waals surface area contributed by atoms with E-state index in [4.69, 9.17) is 9.72 Å². The van der Waals surface area contributed by atoms with E-state index >= 15 is 0 Å². The van der Waals surface area contributed by atoms with Crippen LogP contribution in [0.2, 0.25) is 0 Å². The summed E-state index contributed by atoms with van der Waals surface area (Å²) >= 11 is 0. The molecule has 0 saturated carbocycles. The molecule has 0 saturated heterocycles. The number of pyridine rings is 1. The van der Waals surface area contributed by atoms with E-state index in [1.165, 1.54) is 44.3 Å². The molecular weight excluding hydrogens is 1000 g/mol. The van der Waals surface area contributed by atoms with Gasteiger partial charge < -0.3 is 19.1 Å². The molecule has 0 radical (unpaired) electrons. The van der Waals surface area contributed by atoms with Crippen molar-refractivity contribution in [1.29, 1.82) is 0 Å². The van der Waals surface area contributed by atoms with Crippen LogP contribution in [0.4, 0.5) is 11.4 Å². The molecule has 8 aromatic rings. The first-order valence-electron chi connectivity index (χ1n) is 23.5. The number of anilines is 2. The first-order valence-corrected chi connectivity index (χ1v) is 23.5. The second kappa shape index (κ2) is 18.3. The van der Waals surface area contributed by atoms with E-state index in [2.05, 4.69) is 250 Å². The Morgan fingerprint density at radius 1 is 0.612 bits per heavy atom. The van der Waals surface area contributed by atoms with Crippen molar-refractivity contribution in [2.45, 2.75) is 111 Å². The molecule has 2 aromatic heterocycles. The third-order valence-electron chi connectivity index (χ3n) is 13.3. The van der Waals surface area contributed by atoms with Crippen LogP contribution >= 0.6 is 0 Å². The Bertz CT molecular complexity index is 3080. The zero-order valence-electron chi connectivity index (χ0n) is 41.1. The fraction of sp³-hybridized carbons (Fsp3) is 0.279. The fourth-order valence-corrected chi connectivity index (χ4v) is 9.49. The molecule has 0 bridgehead atoms. The van der Waals surface area contributed by atoms with E-state index in [0.717, 1.165) is 39.3 Å². The van der Waals surface area contributed by atoms with E-state index in [-0.39, 0.29) is 37.3 Å². The summed E-state index contributed by atoms with van der Waals surface area (Å²) in [4.78, 5) is 9.50. The smallest absolute Gasteiger partial charge is 0.135 e. The van der Waals surface area contributed by atoms with Gasteiger partial charge in [0.15, 0.2) is 0 Å². The van der Waals surface area contributed by atoms with Crippen LogP contribution in [0.15, 0.2) is 146 Å². The summed E-state index contributed by atoms with van der Waals surface area (Å²) in [5.74, 6) is 2.75. The van der Waals surface area contributed by atoms with Gasteiger partial charge in [0.25, 0.3) is 0 Å². The molecule has 0 aliphatic carbocycles. The van der Waals surface area contributed by atoms with Gasteiger partial charge in [-0.25, -0.2) is 4.98 Å². The average molecular weight is 1060 g/mol. The molecular formula is C61H63N4OPt-3. The van der Waals surface area contributed by atoms with Gasteiger partial charge in [-0.3, -0.25) is 0 Å². The standard InChI is InChI=1S/C61H63N4O.Pt/c1-40(2)49-28-20-29-50(41(3)4)57(49)55-38-63(39-64(55)46-25-18-23-44(33-46)61(11,12)42-21-14-13-15-22-42)45-24-19-26-47(35-45)66-48-36-52(60(8,9)10)58-51-27-16-17-30-53(51)65(54(58)37-48)56-34-43(31-32-62-56)59(5,6)7;/h13-34,36,38-41H,1-12H3;/q-3;. The van der Waals surface area contributed by atoms with E-state index in [0.29, 0.717) is 23.3 Å². The van der Waals surface area contributed by atoms with Crippen LogP contribution in [-0.2, 0) is 37.3 Å². The van der Waals surface area contributed by atoms with Gasteiger partial charge in [-0.05, 0) is 92.4 Å². The number of para-hydroxylation sites is 1. The van der Waals surface area contributed by atoms with Crippen LogP contribution in [-0.4, -0.2) is 9.55 Å². The van der Waals surface area contributed by atoms with Gasteiger partial charge in [0.05, 0.1) is 0 Å². The van der Waals surface area contributed by atoms with Gasteiger partial charge in [0, 0.05) is 66.6 Å². The average Bonchev–Trinajstić information content (AvgIpc) is 3.88. The molecule has 0 fully saturated rings. The van der Waals surface area contributed by atoms with Crippen molar-refractivity contribution in [3.63, 3.8) is 0 Å². The SMILES string of the molecule is CC(C)c1cccc(C(C)C)c1C1=CN(c2[c-]c(Oc3[c-]c4c(c(C(C)(C)C)c3)c3ccccc3n4-c3cc(C(C)(C)C)ccn3)ccc2)[CH-]N1c1cccc(C(C)(C)c2ccccc2)c1.[Pt]. The number of rotatable bonds is 10. The second-order valence-corrected chi connectivity index (χ2v) is 21.1. The minimum atomic E-state index is -0.201. The Balaban J connectivity index is 0.00000608. The van der Waals surface area contributed by atoms with Gasteiger partial charge in [-0.1, -0.05) is 173 Å². The number of hydrogen-bond donors (Lipinski definition) is 0. The molecule has 0 N–H and O–H groups in total. The third kappa shape index (κ3) is 9.13. The summed E-state index contributed by atoms with van der Waals surface area (Å²) in [6, 6.07) is 55.3. The maximum atomic E-state index is 6.89. The molecule has 0 atom stereocenters. The first kappa shape index (κ1) is 47.6. The van der Waals surface area contributed by atoms with Crippen molar-refractivity contribution >= 4 is 38.9 Å². The van der Waals surface area contributed by atoms with Crippen LogP contribution in [0.1, 0.15) is 134 Å². The van der Waals surface area contributed by atoms with E-state index in [1.807, 2.05) is 12.3 Å². The van der Waals surface area contributed by atoms with Gasteiger partial charge >= 0.3 is 0 Å². The molecule has 346 valence electrons. The van der Waals surface area contributed by atoms with Gasteiger partial charge in [-0.2, -0.15) is 6.07 Å². The number of hydrogen-bond acceptors (Lipinski definition) is 4. The molecule has 6 aromatic carbocycles. The van der Waals surface area contributed by atoms with Crippen molar-refractivity contribution in [2.24, 2.45) is 0 Å². The molecule has 1 aliphatic heterocycles. The molecule has 9 rings (SSSR count). The fourth-order valence-electron chi connectivity index (χ4n) is 9.49. The van der Waals surface area contributed by atoms with Gasteiger partial charge in [0.1, 0.15) is 5.82 Å². The van der Waals surface area contributed by atoms with E-state index in [9.17, 15) is 0 Å². The van der Waals surface area contributed by atoms with Crippen LogP contribution < -0.4 is 14.5 Å².